The third-order valence-corrected chi connectivity index (χ3v) is 4.53. The summed E-state index contributed by atoms with van der Waals surface area (Å²) in [5, 5.41) is 4.11. The fraction of sp³-hybridized carbons (Fsp3) is 0.190. The number of hydrogen-bond acceptors (Lipinski definition) is 4. The second kappa shape index (κ2) is 8.31. The molecule has 1 atom stereocenters. The van der Waals surface area contributed by atoms with Crippen molar-refractivity contribution in [1.29, 1.82) is 0 Å². The number of aromatic nitrogens is 3. The Labute approximate surface area is 158 Å². The molecule has 0 saturated carbocycles. The van der Waals surface area contributed by atoms with Crippen molar-refractivity contribution in [2.24, 2.45) is 0 Å². The fourth-order valence-electron chi connectivity index (χ4n) is 2.74. The summed E-state index contributed by atoms with van der Waals surface area (Å²) in [5.74, 6) is 0.662. The lowest BCUT2D eigenvalue weighted by Crippen LogP contribution is -2.28. The molecule has 0 fully saturated rings. The van der Waals surface area contributed by atoms with E-state index in [9.17, 15) is 4.79 Å². The van der Waals surface area contributed by atoms with Gasteiger partial charge in [0.25, 0.3) is 0 Å². The van der Waals surface area contributed by atoms with Crippen LogP contribution >= 0.6 is 0 Å². The Kier molecular flexibility index (Phi) is 5.66. The smallest absolute Gasteiger partial charge is 0.246 e. The number of rotatable bonds is 6. The van der Waals surface area contributed by atoms with Crippen LogP contribution in [-0.2, 0) is 4.79 Å². The van der Waals surface area contributed by atoms with Crippen LogP contribution in [0.5, 0.6) is 5.75 Å². The van der Waals surface area contributed by atoms with Crippen LogP contribution < -0.4 is 4.74 Å². The topological polar surface area (TPSA) is 60.2 Å². The van der Waals surface area contributed by atoms with Crippen molar-refractivity contribution >= 4 is 12.0 Å². The second-order valence-corrected chi connectivity index (χ2v) is 6.13. The highest BCUT2D eigenvalue weighted by Gasteiger charge is 2.15. The predicted molar refractivity (Wildman–Crippen MR) is 105 cm³/mol. The van der Waals surface area contributed by atoms with E-state index in [1.54, 1.807) is 42.2 Å². The minimum absolute atomic E-state index is 0.0652. The molecule has 0 aliphatic rings. The average Bonchev–Trinajstić information content (AvgIpc) is 3.26. The van der Waals surface area contributed by atoms with Gasteiger partial charge in [0.2, 0.25) is 5.91 Å². The number of likely N-dealkylation sites (N-methyl/N-ethyl adjacent to an activating group) is 1. The molecule has 0 aliphatic carbocycles. The molecule has 0 radical (unpaired) electrons. The molecule has 27 heavy (non-hydrogen) atoms. The molecule has 3 rings (SSSR count). The molecule has 0 bridgehead atoms. The van der Waals surface area contributed by atoms with Gasteiger partial charge in [-0.1, -0.05) is 30.3 Å². The number of ether oxygens (including phenoxy) is 1. The standard InChI is InChI=1S/C21H22N4O2/c1-16(17-8-11-19(12-9-17)25-15-22-14-23-25)24(2)21(26)13-10-18-6-4-5-7-20(18)27-3/h4-16H,1-3H3/b13-10+/t16-/m1/s1. The molecule has 0 spiro atoms. The van der Waals surface area contributed by atoms with Crippen LogP contribution in [0.4, 0.5) is 0 Å². The summed E-state index contributed by atoms with van der Waals surface area (Å²) in [6.45, 7) is 2.00. The average molecular weight is 362 g/mol. The van der Waals surface area contributed by atoms with Crippen LogP contribution in [0.1, 0.15) is 24.1 Å². The van der Waals surface area contributed by atoms with Crippen molar-refractivity contribution in [2.75, 3.05) is 14.2 Å². The zero-order chi connectivity index (χ0) is 19.2. The van der Waals surface area contributed by atoms with Gasteiger partial charge in [-0.05, 0) is 36.8 Å². The van der Waals surface area contributed by atoms with Gasteiger partial charge in [-0.25, -0.2) is 9.67 Å². The van der Waals surface area contributed by atoms with E-state index in [4.69, 9.17) is 4.74 Å². The maximum Gasteiger partial charge on any atom is 0.246 e. The van der Waals surface area contributed by atoms with Gasteiger partial charge in [0.05, 0.1) is 18.8 Å². The monoisotopic (exact) mass is 362 g/mol. The summed E-state index contributed by atoms with van der Waals surface area (Å²) in [5.41, 5.74) is 2.83. The van der Waals surface area contributed by atoms with E-state index >= 15 is 0 Å². The van der Waals surface area contributed by atoms with Crippen LogP contribution in [0.25, 0.3) is 11.8 Å². The van der Waals surface area contributed by atoms with Gasteiger partial charge < -0.3 is 9.64 Å². The Morgan fingerprint density at radius 2 is 1.93 bits per heavy atom. The Morgan fingerprint density at radius 3 is 2.59 bits per heavy atom. The van der Waals surface area contributed by atoms with Gasteiger partial charge in [0, 0.05) is 18.7 Å². The number of methoxy groups -OCH3 is 1. The van der Waals surface area contributed by atoms with Crippen molar-refractivity contribution in [1.82, 2.24) is 19.7 Å². The maximum absolute atomic E-state index is 12.6. The molecule has 1 amide bonds. The highest BCUT2D eigenvalue weighted by Crippen LogP contribution is 2.22. The quantitative estimate of drug-likeness (QED) is 0.630. The largest absolute Gasteiger partial charge is 0.496 e. The second-order valence-electron chi connectivity index (χ2n) is 6.13. The number of carbonyl (C=O) groups is 1. The first-order chi connectivity index (χ1) is 13.1. The summed E-state index contributed by atoms with van der Waals surface area (Å²) >= 11 is 0. The van der Waals surface area contributed by atoms with Crippen LogP contribution in [-0.4, -0.2) is 39.7 Å². The van der Waals surface area contributed by atoms with E-state index in [0.717, 1.165) is 22.6 Å². The van der Waals surface area contributed by atoms with Crippen LogP contribution in [0.2, 0.25) is 0 Å². The number of carbonyl (C=O) groups excluding carboxylic acids is 1. The highest BCUT2D eigenvalue weighted by molar-refractivity contribution is 5.92. The normalized spacial score (nSPS) is 12.1. The Morgan fingerprint density at radius 1 is 1.19 bits per heavy atom. The number of amides is 1. The summed E-state index contributed by atoms with van der Waals surface area (Å²) in [4.78, 5) is 18.2. The van der Waals surface area contributed by atoms with E-state index in [1.807, 2.05) is 55.5 Å². The van der Waals surface area contributed by atoms with Gasteiger partial charge in [0.15, 0.2) is 0 Å². The van der Waals surface area contributed by atoms with Gasteiger partial charge in [-0.3, -0.25) is 4.79 Å². The molecule has 6 nitrogen and oxygen atoms in total. The lowest BCUT2D eigenvalue weighted by atomic mass is 10.1. The summed E-state index contributed by atoms with van der Waals surface area (Å²) < 4.78 is 7.00. The molecule has 138 valence electrons. The van der Waals surface area contributed by atoms with Gasteiger partial charge in [0.1, 0.15) is 18.4 Å². The zero-order valence-corrected chi connectivity index (χ0v) is 15.6. The third-order valence-electron chi connectivity index (χ3n) is 4.53. The molecule has 6 heteroatoms. The van der Waals surface area contributed by atoms with Crippen molar-refractivity contribution in [3.63, 3.8) is 0 Å². The van der Waals surface area contributed by atoms with Crippen molar-refractivity contribution in [3.8, 4) is 11.4 Å². The van der Waals surface area contributed by atoms with E-state index in [-0.39, 0.29) is 11.9 Å². The molecular weight excluding hydrogens is 340 g/mol. The number of nitrogens with zero attached hydrogens (tertiary/aromatic N) is 4. The molecule has 3 aromatic rings. The van der Waals surface area contributed by atoms with Gasteiger partial charge in [-0.15, -0.1) is 0 Å². The molecule has 1 heterocycles. The predicted octanol–water partition coefficient (Wildman–Crippen LogP) is 3.51. The van der Waals surface area contributed by atoms with E-state index < -0.39 is 0 Å². The van der Waals surface area contributed by atoms with Crippen molar-refractivity contribution < 1.29 is 9.53 Å². The fourth-order valence-corrected chi connectivity index (χ4v) is 2.74. The minimum atomic E-state index is -0.0752. The maximum atomic E-state index is 12.6. The molecule has 1 aromatic heterocycles. The van der Waals surface area contributed by atoms with Crippen LogP contribution in [0.3, 0.4) is 0 Å². The van der Waals surface area contributed by atoms with Crippen molar-refractivity contribution in [3.05, 3.63) is 78.4 Å². The summed E-state index contributed by atoms with van der Waals surface area (Å²) in [7, 11) is 3.41. The van der Waals surface area contributed by atoms with Gasteiger partial charge in [-0.2, -0.15) is 5.10 Å². The van der Waals surface area contributed by atoms with Crippen molar-refractivity contribution in [2.45, 2.75) is 13.0 Å². The number of para-hydroxylation sites is 1. The zero-order valence-electron chi connectivity index (χ0n) is 15.6. The molecule has 0 saturated heterocycles. The summed E-state index contributed by atoms with van der Waals surface area (Å²) in [6, 6.07) is 15.4. The van der Waals surface area contributed by atoms with Crippen LogP contribution in [0, 0.1) is 0 Å². The van der Waals surface area contributed by atoms with E-state index in [2.05, 4.69) is 10.1 Å². The lowest BCUT2D eigenvalue weighted by Gasteiger charge is -2.24. The summed E-state index contributed by atoms with van der Waals surface area (Å²) in [6.07, 6.45) is 6.49. The van der Waals surface area contributed by atoms with Gasteiger partial charge >= 0.3 is 0 Å². The minimum Gasteiger partial charge on any atom is -0.496 e. The molecule has 0 unspecified atom stereocenters. The molecule has 0 N–H and O–H groups in total. The van der Waals surface area contributed by atoms with Crippen LogP contribution in [0.15, 0.2) is 67.3 Å². The molecular formula is C21H22N4O2. The first-order valence-corrected chi connectivity index (χ1v) is 8.63. The third kappa shape index (κ3) is 4.23. The Bertz CT molecular complexity index is 918. The first-order valence-electron chi connectivity index (χ1n) is 8.63. The van der Waals surface area contributed by atoms with E-state index in [1.165, 1.54) is 6.33 Å². The SMILES string of the molecule is COc1ccccc1/C=C/C(=O)N(C)[C@H](C)c1ccc(-n2cncn2)cc1. The lowest BCUT2D eigenvalue weighted by molar-refractivity contribution is -0.126. The number of hydrogen-bond donors (Lipinski definition) is 0. The molecule has 0 aliphatic heterocycles. The van der Waals surface area contributed by atoms with E-state index in [0.29, 0.717) is 0 Å². The number of benzene rings is 2. The Balaban J connectivity index is 1.70. The Hall–Kier alpha value is -3.41. The first kappa shape index (κ1) is 18.4. The molecule has 2 aromatic carbocycles. The highest BCUT2D eigenvalue weighted by atomic mass is 16.5.